The van der Waals surface area contributed by atoms with E-state index >= 15 is 0 Å². The molecule has 3 aromatic carbocycles. The van der Waals surface area contributed by atoms with Crippen LogP contribution < -0.4 is 4.74 Å². The van der Waals surface area contributed by atoms with Crippen LogP contribution in [0.1, 0.15) is 10.4 Å². The van der Waals surface area contributed by atoms with Crippen molar-refractivity contribution in [1.29, 1.82) is 0 Å². The Balaban J connectivity index is 1.47. The molecule has 1 heterocycles. The number of ether oxygens (including phenoxy) is 1. The third kappa shape index (κ3) is 3.90. The van der Waals surface area contributed by atoms with Crippen LogP contribution in [0.3, 0.4) is 0 Å². The number of carbonyl (C=O) groups excluding carboxylic acids is 1. The molecule has 0 aliphatic carbocycles. The van der Waals surface area contributed by atoms with Crippen LogP contribution in [-0.2, 0) is 6.54 Å². The monoisotopic (exact) mass is 356 g/mol. The molecule has 0 aliphatic rings. The molecule has 0 amide bonds. The maximum atomic E-state index is 12.6. The standard InChI is InChI=1S/C21H16N4O2/c26-20(15-25-21(22-23-24-25)17-7-3-1-4-8-17)16-11-13-19(14-12-16)27-18-9-5-2-6-10-18/h1-14H,15H2. The third-order valence-corrected chi connectivity index (χ3v) is 4.01. The molecule has 0 N–H and O–H groups in total. The molecule has 132 valence electrons. The van der Waals surface area contributed by atoms with Gasteiger partial charge < -0.3 is 4.74 Å². The molecule has 6 nitrogen and oxygen atoms in total. The van der Waals surface area contributed by atoms with Gasteiger partial charge in [-0.15, -0.1) is 5.10 Å². The number of rotatable bonds is 6. The van der Waals surface area contributed by atoms with Gasteiger partial charge in [0.05, 0.1) is 0 Å². The van der Waals surface area contributed by atoms with Crippen molar-refractivity contribution in [2.24, 2.45) is 0 Å². The minimum atomic E-state index is -0.0780. The van der Waals surface area contributed by atoms with Crippen LogP contribution in [0.25, 0.3) is 11.4 Å². The molecule has 6 heteroatoms. The van der Waals surface area contributed by atoms with Crippen molar-refractivity contribution in [1.82, 2.24) is 20.2 Å². The summed E-state index contributed by atoms with van der Waals surface area (Å²) >= 11 is 0. The van der Waals surface area contributed by atoms with Crippen molar-refractivity contribution < 1.29 is 9.53 Å². The van der Waals surface area contributed by atoms with Crippen molar-refractivity contribution in [3.8, 4) is 22.9 Å². The topological polar surface area (TPSA) is 69.9 Å². The first kappa shape index (κ1) is 16.7. The van der Waals surface area contributed by atoms with Gasteiger partial charge >= 0.3 is 0 Å². The van der Waals surface area contributed by atoms with Crippen LogP contribution in [-0.4, -0.2) is 26.0 Å². The number of benzene rings is 3. The van der Waals surface area contributed by atoms with Gasteiger partial charge in [0, 0.05) is 11.1 Å². The van der Waals surface area contributed by atoms with Gasteiger partial charge in [0.15, 0.2) is 11.6 Å². The number of hydrogen-bond donors (Lipinski definition) is 0. The van der Waals surface area contributed by atoms with Crippen molar-refractivity contribution in [2.75, 3.05) is 0 Å². The number of carbonyl (C=O) groups is 1. The van der Waals surface area contributed by atoms with Crippen molar-refractivity contribution in [3.05, 3.63) is 90.5 Å². The summed E-state index contributed by atoms with van der Waals surface area (Å²) in [6, 6.07) is 26.1. The van der Waals surface area contributed by atoms with Crippen LogP contribution in [0.5, 0.6) is 11.5 Å². The maximum Gasteiger partial charge on any atom is 0.184 e. The molecule has 4 rings (SSSR count). The van der Waals surface area contributed by atoms with E-state index in [1.165, 1.54) is 4.68 Å². The highest BCUT2D eigenvalue weighted by molar-refractivity contribution is 5.96. The fraction of sp³-hybridized carbons (Fsp3) is 0.0476. The number of ketones is 1. The second kappa shape index (κ2) is 7.61. The Morgan fingerprint density at radius 2 is 1.44 bits per heavy atom. The smallest absolute Gasteiger partial charge is 0.184 e. The van der Waals surface area contributed by atoms with Gasteiger partial charge in [-0.3, -0.25) is 4.79 Å². The number of para-hydroxylation sites is 1. The zero-order valence-corrected chi connectivity index (χ0v) is 14.4. The van der Waals surface area contributed by atoms with Gasteiger partial charge in [-0.25, -0.2) is 4.68 Å². The molecule has 27 heavy (non-hydrogen) atoms. The molecule has 0 atom stereocenters. The SMILES string of the molecule is O=C(Cn1nnnc1-c1ccccc1)c1ccc(Oc2ccccc2)cc1. The van der Waals surface area contributed by atoms with Crippen LogP contribution in [0, 0.1) is 0 Å². The minimum Gasteiger partial charge on any atom is -0.457 e. The summed E-state index contributed by atoms with van der Waals surface area (Å²) in [7, 11) is 0. The zero-order chi connectivity index (χ0) is 18.5. The van der Waals surface area contributed by atoms with Crippen LogP contribution >= 0.6 is 0 Å². The molecule has 0 fully saturated rings. The lowest BCUT2D eigenvalue weighted by Crippen LogP contribution is -2.13. The van der Waals surface area contributed by atoms with Gasteiger partial charge in [0.1, 0.15) is 18.0 Å². The predicted octanol–water partition coefficient (Wildman–Crippen LogP) is 4.02. The summed E-state index contributed by atoms with van der Waals surface area (Å²) in [4.78, 5) is 12.6. The van der Waals surface area contributed by atoms with E-state index in [-0.39, 0.29) is 12.3 Å². The Morgan fingerprint density at radius 1 is 0.815 bits per heavy atom. The molecule has 0 saturated heterocycles. The minimum absolute atomic E-state index is 0.0656. The molecule has 1 aromatic heterocycles. The summed E-state index contributed by atoms with van der Waals surface area (Å²) in [5, 5.41) is 11.7. The molecule has 0 unspecified atom stereocenters. The first-order chi connectivity index (χ1) is 13.3. The summed E-state index contributed by atoms with van der Waals surface area (Å²) in [5.41, 5.74) is 1.44. The average molecular weight is 356 g/mol. The van der Waals surface area contributed by atoms with E-state index in [0.29, 0.717) is 17.1 Å². The lowest BCUT2D eigenvalue weighted by atomic mass is 10.1. The van der Waals surface area contributed by atoms with Gasteiger partial charge in [-0.1, -0.05) is 48.5 Å². The molecular formula is C21H16N4O2. The lowest BCUT2D eigenvalue weighted by Gasteiger charge is -2.07. The summed E-state index contributed by atoms with van der Waals surface area (Å²) < 4.78 is 7.25. The van der Waals surface area contributed by atoms with E-state index in [2.05, 4.69) is 15.5 Å². The molecule has 0 spiro atoms. The first-order valence-electron chi connectivity index (χ1n) is 8.47. The quantitative estimate of drug-likeness (QED) is 0.488. The fourth-order valence-electron chi connectivity index (χ4n) is 2.67. The van der Waals surface area contributed by atoms with E-state index in [9.17, 15) is 4.79 Å². The van der Waals surface area contributed by atoms with Gasteiger partial charge in [-0.2, -0.15) is 0 Å². The molecule has 0 radical (unpaired) electrons. The largest absolute Gasteiger partial charge is 0.457 e. The Labute approximate surface area is 156 Å². The van der Waals surface area contributed by atoms with Crippen LogP contribution in [0.15, 0.2) is 84.9 Å². The predicted molar refractivity (Wildman–Crippen MR) is 101 cm³/mol. The van der Waals surface area contributed by atoms with Crippen molar-refractivity contribution >= 4 is 5.78 Å². The molecule has 4 aromatic rings. The van der Waals surface area contributed by atoms with Crippen LogP contribution in [0.4, 0.5) is 0 Å². The summed E-state index contributed by atoms with van der Waals surface area (Å²) in [6.45, 7) is 0.0656. The van der Waals surface area contributed by atoms with E-state index in [1.807, 2.05) is 60.7 Å². The highest BCUT2D eigenvalue weighted by Gasteiger charge is 2.13. The number of aromatic nitrogens is 4. The number of Topliss-reactive ketones (excluding diaryl/α,β-unsaturated/α-hetero) is 1. The average Bonchev–Trinajstić information content (AvgIpc) is 3.18. The van der Waals surface area contributed by atoms with Crippen molar-refractivity contribution in [2.45, 2.75) is 6.54 Å². The molecular weight excluding hydrogens is 340 g/mol. The first-order valence-corrected chi connectivity index (χ1v) is 8.47. The van der Waals surface area contributed by atoms with E-state index in [0.717, 1.165) is 11.3 Å². The van der Waals surface area contributed by atoms with Gasteiger partial charge in [0.25, 0.3) is 0 Å². The summed E-state index contributed by atoms with van der Waals surface area (Å²) in [6.07, 6.45) is 0. The lowest BCUT2D eigenvalue weighted by molar-refractivity contribution is 0.0967. The molecule has 0 bridgehead atoms. The fourth-order valence-corrected chi connectivity index (χ4v) is 2.67. The Kier molecular flexibility index (Phi) is 4.70. The third-order valence-electron chi connectivity index (χ3n) is 4.01. The van der Waals surface area contributed by atoms with E-state index in [4.69, 9.17) is 4.74 Å². The van der Waals surface area contributed by atoms with Crippen molar-refractivity contribution in [3.63, 3.8) is 0 Å². The Hall–Kier alpha value is -3.80. The van der Waals surface area contributed by atoms with E-state index in [1.54, 1.807) is 24.3 Å². The van der Waals surface area contributed by atoms with Gasteiger partial charge in [0.2, 0.25) is 0 Å². The normalized spacial score (nSPS) is 10.5. The second-order valence-corrected chi connectivity index (χ2v) is 5.89. The van der Waals surface area contributed by atoms with Crippen LogP contribution in [0.2, 0.25) is 0 Å². The second-order valence-electron chi connectivity index (χ2n) is 5.89. The Bertz CT molecular complexity index is 1030. The maximum absolute atomic E-state index is 12.6. The number of tetrazole rings is 1. The number of nitrogens with zero attached hydrogens (tertiary/aromatic N) is 4. The zero-order valence-electron chi connectivity index (χ0n) is 14.4. The van der Waals surface area contributed by atoms with Gasteiger partial charge in [-0.05, 0) is 46.8 Å². The summed E-state index contributed by atoms with van der Waals surface area (Å²) in [5.74, 6) is 1.90. The molecule has 0 aliphatic heterocycles. The number of hydrogen-bond acceptors (Lipinski definition) is 5. The Morgan fingerprint density at radius 3 is 2.15 bits per heavy atom. The van der Waals surface area contributed by atoms with E-state index < -0.39 is 0 Å². The highest BCUT2D eigenvalue weighted by atomic mass is 16.5. The molecule has 0 saturated carbocycles. The highest BCUT2D eigenvalue weighted by Crippen LogP contribution is 2.21.